The van der Waals surface area contributed by atoms with Gasteiger partial charge in [-0.3, -0.25) is 15.1 Å². The Morgan fingerprint density at radius 1 is 1.39 bits per heavy atom. The van der Waals surface area contributed by atoms with Gasteiger partial charge in [-0.2, -0.15) is 0 Å². The molecule has 0 aromatic carbocycles. The van der Waals surface area contributed by atoms with Crippen LogP contribution in [0.5, 0.6) is 0 Å². The Morgan fingerprint density at radius 3 is 2.68 bits per heavy atom. The second-order valence-corrected chi connectivity index (χ2v) is 8.16. The maximum atomic E-state index is 12.2. The van der Waals surface area contributed by atoms with E-state index in [0.29, 0.717) is 12.5 Å². The molecule has 154 valence electrons. The van der Waals surface area contributed by atoms with Crippen LogP contribution in [-0.2, 0) is 17.9 Å². The van der Waals surface area contributed by atoms with Crippen LogP contribution >= 0.6 is 0 Å². The Labute approximate surface area is 166 Å². The fourth-order valence-corrected chi connectivity index (χ4v) is 4.07. The van der Waals surface area contributed by atoms with E-state index in [1.165, 1.54) is 0 Å². The third kappa shape index (κ3) is 4.13. The number of likely N-dealkylation sites (tertiary alicyclic amines) is 1. The van der Waals surface area contributed by atoms with Gasteiger partial charge in [0.05, 0.1) is 6.54 Å². The summed E-state index contributed by atoms with van der Waals surface area (Å²) in [5.74, 6) is 2.26. The van der Waals surface area contributed by atoms with Crippen molar-refractivity contribution in [3.05, 3.63) is 18.2 Å². The van der Waals surface area contributed by atoms with E-state index in [2.05, 4.69) is 49.2 Å². The second-order valence-electron chi connectivity index (χ2n) is 8.16. The summed E-state index contributed by atoms with van der Waals surface area (Å²) >= 11 is 0. The highest BCUT2D eigenvalue weighted by Gasteiger charge is 2.48. The molecular weight excluding hydrogens is 358 g/mol. The van der Waals surface area contributed by atoms with Gasteiger partial charge in [-0.25, -0.2) is 9.78 Å². The standard InChI is InChI=1S/C19H31N7O2/c1-13(2)12-26-10-7-21-15(26)11-22-17(20-4)25-8-5-14(6-9-25)19(3)16(27)23-18(28)24-19/h7,10,13-14H,5-6,8-9,11-12H2,1-4H3,(H,20,22)(H2,23,24,27,28). The van der Waals surface area contributed by atoms with Crippen LogP contribution in [0.25, 0.3) is 0 Å². The lowest BCUT2D eigenvalue weighted by Gasteiger charge is -2.39. The maximum Gasteiger partial charge on any atom is 0.322 e. The normalized spacial score (nSPS) is 23.9. The summed E-state index contributed by atoms with van der Waals surface area (Å²) < 4.78 is 2.17. The Bertz CT molecular complexity index is 749. The highest BCUT2D eigenvalue weighted by molar-refractivity contribution is 6.07. The lowest BCUT2D eigenvalue weighted by molar-refractivity contribution is -0.125. The minimum Gasteiger partial charge on any atom is -0.349 e. The first-order valence-electron chi connectivity index (χ1n) is 9.92. The Morgan fingerprint density at radius 2 is 2.11 bits per heavy atom. The number of aromatic nitrogens is 2. The van der Waals surface area contributed by atoms with Gasteiger partial charge in [0.2, 0.25) is 0 Å². The third-order valence-electron chi connectivity index (χ3n) is 5.66. The molecule has 0 saturated carbocycles. The number of aliphatic imine (C=N–C) groups is 1. The first-order valence-corrected chi connectivity index (χ1v) is 9.92. The maximum absolute atomic E-state index is 12.2. The molecule has 3 heterocycles. The molecule has 9 heteroatoms. The first-order chi connectivity index (χ1) is 13.3. The van der Waals surface area contributed by atoms with E-state index >= 15 is 0 Å². The van der Waals surface area contributed by atoms with Crippen LogP contribution in [0.15, 0.2) is 17.4 Å². The fourth-order valence-electron chi connectivity index (χ4n) is 4.07. The molecule has 2 fully saturated rings. The summed E-state index contributed by atoms with van der Waals surface area (Å²) in [6.45, 7) is 9.31. The number of amides is 3. The average Bonchev–Trinajstić information content (AvgIpc) is 3.19. The van der Waals surface area contributed by atoms with Crippen molar-refractivity contribution in [1.82, 2.24) is 30.4 Å². The van der Waals surface area contributed by atoms with Crippen molar-refractivity contribution in [2.75, 3.05) is 20.1 Å². The van der Waals surface area contributed by atoms with Gasteiger partial charge in [0.15, 0.2) is 5.96 Å². The van der Waals surface area contributed by atoms with Crippen LogP contribution in [0, 0.1) is 11.8 Å². The smallest absolute Gasteiger partial charge is 0.322 e. The molecular formula is C19H31N7O2. The molecule has 1 aromatic rings. The van der Waals surface area contributed by atoms with Crippen molar-refractivity contribution in [3.8, 4) is 0 Å². The van der Waals surface area contributed by atoms with Crippen LogP contribution in [0.1, 0.15) is 39.4 Å². The molecule has 9 nitrogen and oxygen atoms in total. The van der Waals surface area contributed by atoms with Crippen molar-refractivity contribution in [3.63, 3.8) is 0 Å². The SMILES string of the molecule is CN=C(NCc1nccn1CC(C)C)N1CCC(C2(C)NC(=O)NC2=O)CC1. The molecule has 2 aliphatic heterocycles. The number of guanidine groups is 1. The van der Waals surface area contributed by atoms with E-state index in [1.807, 2.05) is 19.3 Å². The van der Waals surface area contributed by atoms with Gasteiger partial charge in [-0.1, -0.05) is 13.8 Å². The predicted molar refractivity (Wildman–Crippen MR) is 107 cm³/mol. The largest absolute Gasteiger partial charge is 0.349 e. The zero-order chi connectivity index (χ0) is 20.3. The van der Waals surface area contributed by atoms with Crippen molar-refractivity contribution in [2.45, 2.75) is 52.2 Å². The minimum atomic E-state index is -0.818. The summed E-state index contributed by atoms with van der Waals surface area (Å²) in [7, 11) is 1.78. The molecule has 1 unspecified atom stereocenters. The van der Waals surface area contributed by atoms with Crippen LogP contribution in [0.4, 0.5) is 4.79 Å². The number of nitrogens with zero attached hydrogens (tertiary/aromatic N) is 4. The number of carbonyl (C=O) groups excluding carboxylic acids is 2. The van der Waals surface area contributed by atoms with Gasteiger partial charge in [0.1, 0.15) is 11.4 Å². The number of piperidine rings is 1. The number of imidazole rings is 1. The lowest BCUT2D eigenvalue weighted by Crippen LogP contribution is -2.55. The summed E-state index contributed by atoms with van der Waals surface area (Å²) in [6.07, 6.45) is 5.46. The predicted octanol–water partition coefficient (Wildman–Crippen LogP) is 0.925. The van der Waals surface area contributed by atoms with Crippen LogP contribution in [0.3, 0.4) is 0 Å². The highest BCUT2D eigenvalue weighted by atomic mass is 16.2. The number of rotatable bonds is 5. The first kappa shape index (κ1) is 20.2. The van der Waals surface area contributed by atoms with Gasteiger partial charge < -0.3 is 20.1 Å². The number of carbonyl (C=O) groups is 2. The molecule has 1 atom stereocenters. The molecule has 3 rings (SSSR count). The molecule has 0 aliphatic carbocycles. The van der Waals surface area contributed by atoms with Crippen molar-refractivity contribution < 1.29 is 9.59 Å². The molecule has 3 N–H and O–H groups in total. The second kappa shape index (κ2) is 8.20. The number of hydrogen-bond donors (Lipinski definition) is 3. The van der Waals surface area contributed by atoms with E-state index in [-0.39, 0.29) is 11.8 Å². The van der Waals surface area contributed by atoms with Crippen molar-refractivity contribution >= 4 is 17.9 Å². The Hall–Kier alpha value is -2.58. The number of imide groups is 1. The number of nitrogens with one attached hydrogen (secondary N) is 3. The molecule has 0 spiro atoms. The van der Waals surface area contributed by atoms with Crippen LogP contribution in [0.2, 0.25) is 0 Å². The minimum absolute atomic E-state index is 0.109. The molecule has 2 saturated heterocycles. The van der Waals surface area contributed by atoms with Crippen LogP contribution in [-0.4, -0.2) is 58.0 Å². The molecule has 2 aliphatic rings. The molecule has 0 radical (unpaired) electrons. The monoisotopic (exact) mass is 389 g/mol. The fraction of sp³-hybridized carbons (Fsp3) is 0.684. The lowest BCUT2D eigenvalue weighted by atomic mass is 9.79. The zero-order valence-corrected chi connectivity index (χ0v) is 17.2. The van der Waals surface area contributed by atoms with Gasteiger partial charge in [-0.15, -0.1) is 0 Å². The van der Waals surface area contributed by atoms with Gasteiger partial charge >= 0.3 is 6.03 Å². The highest BCUT2D eigenvalue weighted by Crippen LogP contribution is 2.30. The van der Waals surface area contributed by atoms with E-state index in [9.17, 15) is 9.59 Å². The number of hydrogen-bond acceptors (Lipinski definition) is 4. The topological polar surface area (TPSA) is 104 Å². The van der Waals surface area contributed by atoms with Crippen LogP contribution < -0.4 is 16.0 Å². The summed E-state index contributed by atoms with van der Waals surface area (Å²) in [5, 5.41) is 8.56. The average molecular weight is 390 g/mol. The van der Waals surface area contributed by atoms with E-state index < -0.39 is 11.6 Å². The van der Waals surface area contributed by atoms with Gasteiger partial charge in [0.25, 0.3) is 5.91 Å². The van der Waals surface area contributed by atoms with E-state index in [1.54, 1.807) is 7.05 Å². The van der Waals surface area contributed by atoms with Gasteiger partial charge in [-0.05, 0) is 31.6 Å². The summed E-state index contributed by atoms with van der Waals surface area (Å²) in [5.41, 5.74) is -0.818. The van der Waals surface area contributed by atoms with Crippen molar-refractivity contribution in [2.24, 2.45) is 16.8 Å². The Balaban J connectivity index is 1.55. The molecule has 28 heavy (non-hydrogen) atoms. The molecule has 0 bridgehead atoms. The quantitative estimate of drug-likeness (QED) is 0.395. The van der Waals surface area contributed by atoms with E-state index in [4.69, 9.17) is 0 Å². The summed E-state index contributed by atoms with van der Waals surface area (Å²) in [4.78, 5) is 34.8. The Kier molecular flexibility index (Phi) is 5.90. The molecule has 1 aromatic heterocycles. The third-order valence-corrected chi connectivity index (χ3v) is 5.66. The summed E-state index contributed by atoms with van der Waals surface area (Å²) in [6, 6.07) is -0.399. The zero-order valence-electron chi connectivity index (χ0n) is 17.2. The molecule has 3 amide bonds. The van der Waals surface area contributed by atoms with E-state index in [0.717, 1.165) is 44.3 Å². The van der Waals surface area contributed by atoms with Gasteiger partial charge in [0, 0.05) is 39.1 Å². The van der Waals surface area contributed by atoms with Crippen molar-refractivity contribution in [1.29, 1.82) is 0 Å². The number of urea groups is 1.